The Balaban J connectivity index is 2.19. The predicted octanol–water partition coefficient (Wildman–Crippen LogP) is 2.70. The lowest BCUT2D eigenvalue weighted by atomic mass is 10.1. The zero-order chi connectivity index (χ0) is 13.2. The van der Waals surface area contributed by atoms with Crippen molar-refractivity contribution in [1.82, 2.24) is 4.98 Å². The van der Waals surface area contributed by atoms with E-state index in [-0.39, 0.29) is 6.61 Å². The number of nitrogens with two attached hydrogens (primary N) is 1. The number of nitrogen functional groups attached to an aromatic ring is 1. The minimum absolute atomic E-state index is 0.193. The summed E-state index contributed by atoms with van der Waals surface area (Å²) < 4.78 is 0. The van der Waals surface area contributed by atoms with Crippen LogP contribution in [0.5, 0.6) is 0 Å². The molecule has 2 aromatic carbocycles. The second kappa shape index (κ2) is 4.82. The summed E-state index contributed by atoms with van der Waals surface area (Å²) in [5, 5.41) is 14.5. The molecule has 0 bridgehead atoms. The summed E-state index contributed by atoms with van der Waals surface area (Å²) in [5.74, 6) is 0. The Morgan fingerprint density at radius 2 is 2.00 bits per heavy atom. The van der Waals surface area contributed by atoms with E-state index in [9.17, 15) is 0 Å². The molecule has 0 aliphatic rings. The van der Waals surface area contributed by atoms with Gasteiger partial charge < -0.3 is 21.1 Å². The fourth-order valence-corrected chi connectivity index (χ4v) is 2.43. The van der Waals surface area contributed by atoms with Gasteiger partial charge in [0.25, 0.3) is 0 Å². The average molecular weight is 255 g/mol. The molecular weight excluding hydrogens is 238 g/mol. The van der Waals surface area contributed by atoms with Crippen molar-refractivity contribution >= 4 is 33.2 Å². The molecule has 0 aliphatic carbocycles. The minimum atomic E-state index is 0.193. The van der Waals surface area contributed by atoms with Gasteiger partial charge in [0.2, 0.25) is 0 Å². The largest absolute Gasteiger partial charge is 0.397 e. The van der Waals surface area contributed by atoms with E-state index in [1.165, 1.54) is 0 Å². The zero-order valence-corrected chi connectivity index (χ0v) is 10.6. The fourth-order valence-electron chi connectivity index (χ4n) is 2.43. The van der Waals surface area contributed by atoms with Crippen LogP contribution in [0.15, 0.2) is 36.4 Å². The number of aromatic nitrogens is 1. The molecule has 0 saturated heterocycles. The lowest BCUT2D eigenvalue weighted by Crippen LogP contribution is -2.04. The fraction of sp³-hybridized carbons (Fsp3) is 0.200. The van der Waals surface area contributed by atoms with Crippen LogP contribution in [-0.2, 0) is 0 Å². The zero-order valence-electron chi connectivity index (χ0n) is 10.6. The highest BCUT2D eigenvalue weighted by Crippen LogP contribution is 2.34. The van der Waals surface area contributed by atoms with Crippen molar-refractivity contribution in [3.8, 4) is 0 Å². The van der Waals surface area contributed by atoms with Crippen LogP contribution in [0.2, 0.25) is 0 Å². The molecule has 5 N–H and O–H groups in total. The lowest BCUT2D eigenvalue weighted by Gasteiger charge is -2.08. The number of rotatable bonds is 4. The third-order valence-corrected chi connectivity index (χ3v) is 3.34. The molecule has 0 radical (unpaired) electrons. The number of aliphatic hydroxyl groups is 1. The molecule has 4 nitrogen and oxygen atoms in total. The maximum absolute atomic E-state index is 8.87. The first kappa shape index (κ1) is 11.9. The van der Waals surface area contributed by atoms with E-state index in [1.807, 2.05) is 30.3 Å². The maximum atomic E-state index is 8.87. The lowest BCUT2D eigenvalue weighted by molar-refractivity contribution is 0.292. The van der Waals surface area contributed by atoms with Crippen LogP contribution < -0.4 is 11.1 Å². The first-order valence-electron chi connectivity index (χ1n) is 6.45. The predicted molar refractivity (Wildman–Crippen MR) is 80.4 cm³/mol. The van der Waals surface area contributed by atoms with Gasteiger partial charge in [-0.1, -0.05) is 18.2 Å². The number of hydrogen-bond donors (Lipinski definition) is 4. The third-order valence-electron chi connectivity index (χ3n) is 3.34. The second-order valence-electron chi connectivity index (χ2n) is 4.63. The van der Waals surface area contributed by atoms with E-state index in [0.717, 1.165) is 46.1 Å². The number of hydrogen-bond acceptors (Lipinski definition) is 3. The molecule has 3 rings (SSSR count). The van der Waals surface area contributed by atoms with Crippen molar-refractivity contribution in [2.24, 2.45) is 0 Å². The number of aromatic amines is 1. The number of nitrogens with one attached hydrogen (secondary N) is 2. The summed E-state index contributed by atoms with van der Waals surface area (Å²) in [5.41, 5.74) is 9.90. The number of aliphatic hydroxyl groups excluding tert-OH is 1. The van der Waals surface area contributed by atoms with Gasteiger partial charge in [0.1, 0.15) is 0 Å². The molecule has 0 fully saturated rings. The van der Waals surface area contributed by atoms with Gasteiger partial charge >= 0.3 is 0 Å². The van der Waals surface area contributed by atoms with Gasteiger partial charge in [-0.3, -0.25) is 0 Å². The molecule has 4 heteroatoms. The molecule has 1 aromatic heterocycles. The van der Waals surface area contributed by atoms with Gasteiger partial charge in [0, 0.05) is 35.1 Å². The highest BCUT2D eigenvalue weighted by molar-refractivity contribution is 6.16. The summed E-state index contributed by atoms with van der Waals surface area (Å²) in [6.07, 6.45) is 0.730. The van der Waals surface area contributed by atoms with E-state index in [1.54, 1.807) is 0 Å². The Hall–Kier alpha value is -2.20. The molecule has 0 atom stereocenters. The molecule has 1 heterocycles. The first-order chi connectivity index (χ1) is 9.31. The van der Waals surface area contributed by atoms with Crippen LogP contribution >= 0.6 is 0 Å². The summed E-state index contributed by atoms with van der Waals surface area (Å²) in [7, 11) is 0. The molecule has 19 heavy (non-hydrogen) atoms. The van der Waals surface area contributed by atoms with Crippen molar-refractivity contribution < 1.29 is 5.11 Å². The standard InChI is InChI=1S/C15H17N3O/c16-11-6-7-13(17-8-3-9-19)14-10-4-1-2-5-12(10)18-15(11)14/h1-2,4-7,17-19H,3,8-9,16H2. The Morgan fingerprint density at radius 3 is 2.84 bits per heavy atom. The van der Waals surface area contributed by atoms with Crippen molar-refractivity contribution in [3.63, 3.8) is 0 Å². The first-order valence-corrected chi connectivity index (χ1v) is 6.45. The van der Waals surface area contributed by atoms with Gasteiger partial charge in [0.15, 0.2) is 0 Å². The van der Waals surface area contributed by atoms with Crippen molar-refractivity contribution in [2.45, 2.75) is 6.42 Å². The van der Waals surface area contributed by atoms with Crippen LogP contribution in [0.4, 0.5) is 11.4 Å². The van der Waals surface area contributed by atoms with Gasteiger partial charge in [-0.25, -0.2) is 0 Å². The summed E-state index contributed by atoms with van der Waals surface area (Å²) >= 11 is 0. The molecule has 0 amide bonds. The quantitative estimate of drug-likeness (QED) is 0.428. The monoisotopic (exact) mass is 255 g/mol. The summed E-state index contributed by atoms with van der Waals surface area (Å²) in [6.45, 7) is 0.939. The summed E-state index contributed by atoms with van der Waals surface area (Å²) in [4.78, 5) is 3.36. The topological polar surface area (TPSA) is 74.1 Å². The summed E-state index contributed by atoms with van der Waals surface area (Å²) in [6, 6.07) is 12.1. The number of para-hydroxylation sites is 1. The van der Waals surface area contributed by atoms with Gasteiger partial charge in [0.05, 0.1) is 11.2 Å². The van der Waals surface area contributed by atoms with E-state index < -0.39 is 0 Å². The molecule has 3 aromatic rings. The average Bonchev–Trinajstić information content (AvgIpc) is 2.82. The highest BCUT2D eigenvalue weighted by atomic mass is 16.3. The van der Waals surface area contributed by atoms with Crippen LogP contribution in [0.1, 0.15) is 6.42 Å². The van der Waals surface area contributed by atoms with E-state index in [2.05, 4.69) is 16.4 Å². The van der Waals surface area contributed by atoms with E-state index in [4.69, 9.17) is 10.8 Å². The van der Waals surface area contributed by atoms with E-state index >= 15 is 0 Å². The minimum Gasteiger partial charge on any atom is -0.397 e. The van der Waals surface area contributed by atoms with Gasteiger partial charge in [-0.05, 0) is 24.6 Å². The Kier molecular flexibility index (Phi) is 3.01. The molecule has 98 valence electrons. The third kappa shape index (κ3) is 2.00. The van der Waals surface area contributed by atoms with Crippen LogP contribution in [0.25, 0.3) is 21.8 Å². The smallest absolute Gasteiger partial charge is 0.0719 e. The van der Waals surface area contributed by atoms with Crippen molar-refractivity contribution in [1.29, 1.82) is 0 Å². The normalized spacial score (nSPS) is 11.2. The molecule has 0 spiro atoms. The number of anilines is 2. The second-order valence-corrected chi connectivity index (χ2v) is 4.63. The van der Waals surface area contributed by atoms with Crippen LogP contribution in [0, 0.1) is 0 Å². The Labute approximate surface area is 111 Å². The van der Waals surface area contributed by atoms with Crippen molar-refractivity contribution in [3.05, 3.63) is 36.4 Å². The molecule has 0 aliphatic heterocycles. The number of H-pyrrole nitrogens is 1. The number of fused-ring (bicyclic) bond motifs is 3. The molecular formula is C15H17N3O. The Morgan fingerprint density at radius 1 is 1.16 bits per heavy atom. The van der Waals surface area contributed by atoms with Crippen molar-refractivity contribution in [2.75, 3.05) is 24.2 Å². The number of benzene rings is 2. The molecule has 0 unspecified atom stereocenters. The van der Waals surface area contributed by atoms with E-state index in [0.29, 0.717) is 0 Å². The Bertz CT molecular complexity index is 718. The van der Waals surface area contributed by atoms with Gasteiger partial charge in [-0.2, -0.15) is 0 Å². The van der Waals surface area contributed by atoms with Crippen LogP contribution in [-0.4, -0.2) is 23.2 Å². The maximum Gasteiger partial charge on any atom is 0.0719 e. The highest BCUT2D eigenvalue weighted by Gasteiger charge is 2.10. The van der Waals surface area contributed by atoms with Crippen LogP contribution in [0.3, 0.4) is 0 Å². The SMILES string of the molecule is Nc1ccc(NCCCO)c2c1[nH]c1ccccc12. The van der Waals surface area contributed by atoms with Gasteiger partial charge in [-0.15, -0.1) is 0 Å². The molecule has 0 saturated carbocycles.